The Balaban J connectivity index is 2.21. The molecule has 2 unspecified atom stereocenters. The van der Waals surface area contributed by atoms with Gasteiger partial charge in [-0.05, 0) is 18.9 Å². The molecule has 2 N–H and O–H groups in total. The first-order chi connectivity index (χ1) is 9.56. The minimum absolute atomic E-state index is 0.0716. The first-order valence-corrected chi connectivity index (χ1v) is 6.90. The Morgan fingerprint density at radius 2 is 2.05 bits per heavy atom. The largest absolute Gasteiger partial charge is 0.495 e. The van der Waals surface area contributed by atoms with Crippen LogP contribution in [0.1, 0.15) is 13.3 Å². The molecule has 0 radical (unpaired) electrons. The van der Waals surface area contributed by atoms with Crippen molar-refractivity contribution in [1.29, 1.82) is 0 Å². The van der Waals surface area contributed by atoms with Crippen molar-refractivity contribution in [3.05, 3.63) is 17.2 Å². The highest BCUT2D eigenvalue weighted by Crippen LogP contribution is 2.36. The van der Waals surface area contributed by atoms with Crippen LogP contribution in [0, 0.1) is 5.92 Å². The third-order valence-corrected chi connectivity index (χ3v) is 3.84. The second-order valence-electron chi connectivity index (χ2n) is 4.87. The molecule has 0 bridgehead atoms. The molecule has 0 aliphatic carbocycles. The summed E-state index contributed by atoms with van der Waals surface area (Å²) in [7, 11) is 3.06. The molecule has 1 saturated heterocycles. The predicted octanol–water partition coefficient (Wildman–Crippen LogP) is 2.29. The first kappa shape index (κ1) is 14.9. The van der Waals surface area contributed by atoms with Crippen molar-refractivity contribution in [3.63, 3.8) is 0 Å². The van der Waals surface area contributed by atoms with E-state index in [1.807, 2.05) is 0 Å². The van der Waals surface area contributed by atoms with Crippen molar-refractivity contribution in [2.24, 2.45) is 5.92 Å². The van der Waals surface area contributed by atoms with Gasteiger partial charge in [0, 0.05) is 12.1 Å². The fourth-order valence-electron chi connectivity index (χ4n) is 2.35. The lowest BCUT2D eigenvalue weighted by molar-refractivity contribution is -0.118. The number of carbonyl (C=O) groups is 1. The molecule has 5 nitrogen and oxygen atoms in total. The maximum absolute atomic E-state index is 12.3. The average molecular weight is 299 g/mol. The van der Waals surface area contributed by atoms with Crippen LogP contribution in [0.2, 0.25) is 5.02 Å². The van der Waals surface area contributed by atoms with Crippen molar-refractivity contribution in [3.8, 4) is 11.5 Å². The Morgan fingerprint density at radius 1 is 1.35 bits per heavy atom. The van der Waals surface area contributed by atoms with Gasteiger partial charge in [0.1, 0.15) is 11.5 Å². The van der Waals surface area contributed by atoms with Gasteiger partial charge in [-0.2, -0.15) is 0 Å². The van der Waals surface area contributed by atoms with Crippen LogP contribution in [0.3, 0.4) is 0 Å². The molecule has 1 aliphatic heterocycles. The van der Waals surface area contributed by atoms with Gasteiger partial charge in [-0.3, -0.25) is 4.79 Å². The van der Waals surface area contributed by atoms with E-state index in [4.69, 9.17) is 21.1 Å². The Hall–Kier alpha value is -1.46. The summed E-state index contributed by atoms with van der Waals surface area (Å²) in [4.78, 5) is 12.3. The molecule has 110 valence electrons. The van der Waals surface area contributed by atoms with Crippen LogP contribution < -0.4 is 20.1 Å². The van der Waals surface area contributed by atoms with E-state index in [2.05, 4.69) is 17.6 Å². The van der Waals surface area contributed by atoms with Crippen molar-refractivity contribution >= 4 is 23.2 Å². The minimum Gasteiger partial charge on any atom is -0.495 e. The third-order valence-electron chi connectivity index (χ3n) is 3.55. The number of halogens is 1. The second-order valence-corrected chi connectivity index (χ2v) is 5.28. The summed E-state index contributed by atoms with van der Waals surface area (Å²) in [5.41, 5.74) is 0.555. The van der Waals surface area contributed by atoms with Crippen LogP contribution in [0.4, 0.5) is 5.69 Å². The molecule has 0 spiro atoms. The summed E-state index contributed by atoms with van der Waals surface area (Å²) in [6.45, 7) is 2.92. The summed E-state index contributed by atoms with van der Waals surface area (Å²) in [5.74, 6) is 1.25. The molecule has 1 heterocycles. The van der Waals surface area contributed by atoms with E-state index in [0.717, 1.165) is 13.0 Å². The minimum atomic E-state index is -0.179. The zero-order valence-corrected chi connectivity index (χ0v) is 12.6. The maximum atomic E-state index is 12.3. The smallest absolute Gasteiger partial charge is 0.241 e. The predicted molar refractivity (Wildman–Crippen MR) is 78.8 cm³/mol. The van der Waals surface area contributed by atoms with Gasteiger partial charge in [-0.15, -0.1) is 0 Å². The van der Waals surface area contributed by atoms with Crippen molar-refractivity contribution in [2.45, 2.75) is 19.4 Å². The number of anilines is 1. The lowest BCUT2D eigenvalue weighted by Gasteiger charge is -2.18. The number of carbonyl (C=O) groups excluding carboxylic acids is 1. The number of methoxy groups -OCH3 is 2. The Labute approximate surface area is 123 Å². The van der Waals surface area contributed by atoms with E-state index in [9.17, 15) is 4.79 Å². The summed E-state index contributed by atoms with van der Waals surface area (Å²) >= 11 is 6.04. The molecular formula is C14H19ClN2O3. The topological polar surface area (TPSA) is 59.6 Å². The second kappa shape index (κ2) is 6.33. The quantitative estimate of drug-likeness (QED) is 0.895. The molecular weight excluding hydrogens is 280 g/mol. The SMILES string of the molecule is COc1cc(NC(=O)C2NCCC2C)c(OC)cc1Cl. The molecule has 1 fully saturated rings. The monoisotopic (exact) mass is 298 g/mol. The summed E-state index contributed by atoms with van der Waals surface area (Å²) in [6, 6.07) is 3.11. The van der Waals surface area contributed by atoms with Crippen LogP contribution in [-0.4, -0.2) is 32.7 Å². The number of hydrogen-bond acceptors (Lipinski definition) is 4. The number of ether oxygens (including phenoxy) is 2. The van der Waals surface area contributed by atoms with Gasteiger partial charge in [-0.25, -0.2) is 0 Å². The molecule has 2 rings (SSSR count). The first-order valence-electron chi connectivity index (χ1n) is 6.52. The Morgan fingerprint density at radius 3 is 2.60 bits per heavy atom. The van der Waals surface area contributed by atoms with Crippen LogP contribution >= 0.6 is 11.6 Å². The summed E-state index contributed by atoms with van der Waals surface area (Å²) < 4.78 is 10.4. The fraction of sp³-hybridized carbons (Fsp3) is 0.500. The highest BCUT2D eigenvalue weighted by atomic mass is 35.5. The maximum Gasteiger partial charge on any atom is 0.241 e. The van der Waals surface area contributed by atoms with Crippen LogP contribution in [-0.2, 0) is 4.79 Å². The van der Waals surface area contributed by atoms with E-state index in [-0.39, 0.29) is 11.9 Å². The van der Waals surface area contributed by atoms with Gasteiger partial charge >= 0.3 is 0 Å². The molecule has 20 heavy (non-hydrogen) atoms. The van der Waals surface area contributed by atoms with E-state index in [0.29, 0.717) is 28.1 Å². The van der Waals surface area contributed by atoms with Crippen molar-refractivity contribution in [2.75, 3.05) is 26.1 Å². The van der Waals surface area contributed by atoms with Crippen molar-refractivity contribution in [1.82, 2.24) is 5.32 Å². The van der Waals surface area contributed by atoms with Crippen LogP contribution in [0.15, 0.2) is 12.1 Å². The Kier molecular flexibility index (Phi) is 4.73. The zero-order valence-electron chi connectivity index (χ0n) is 11.8. The highest BCUT2D eigenvalue weighted by Gasteiger charge is 2.29. The zero-order chi connectivity index (χ0) is 14.7. The van der Waals surface area contributed by atoms with E-state index < -0.39 is 0 Å². The lowest BCUT2D eigenvalue weighted by Crippen LogP contribution is -2.39. The lowest BCUT2D eigenvalue weighted by atomic mass is 10.0. The molecule has 1 aromatic rings. The van der Waals surface area contributed by atoms with Crippen LogP contribution in [0.5, 0.6) is 11.5 Å². The molecule has 1 aliphatic rings. The molecule has 1 amide bonds. The van der Waals surface area contributed by atoms with Gasteiger partial charge in [0.05, 0.1) is 31.0 Å². The van der Waals surface area contributed by atoms with Gasteiger partial charge < -0.3 is 20.1 Å². The number of amides is 1. The van der Waals surface area contributed by atoms with E-state index in [1.165, 1.54) is 14.2 Å². The van der Waals surface area contributed by atoms with Gasteiger partial charge in [0.15, 0.2) is 0 Å². The molecule has 2 atom stereocenters. The molecule has 1 aromatic carbocycles. The van der Waals surface area contributed by atoms with Gasteiger partial charge in [-0.1, -0.05) is 18.5 Å². The summed E-state index contributed by atoms with van der Waals surface area (Å²) in [6.07, 6.45) is 0.999. The standard InChI is InChI=1S/C14H19ClN2O3/c1-8-4-5-16-13(8)14(18)17-10-7-11(19-2)9(15)6-12(10)20-3/h6-8,13,16H,4-5H2,1-3H3,(H,17,18). The number of hydrogen-bond donors (Lipinski definition) is 2. The Bertz CT molecular complexity index is 507. The highest BCUT2D eigenvalue weighted by molar-refractivity contribution is 6.32. The molecule has 0 saturated carbocycles. The third kappa shape index (κ3) is 2.99. The van der Waals surface area contributed by atoms with Crippen LogP contribution in [0.25, 0.3) is 0 Å². The normalized spacial score (nSPS) is 21.6. The van der Waals surface area contributed by atoms with Gasteiger partial charge in [0.25, 0.3) is 0 Å². The van der Waals surface area contributed by atoms with E-state index in [1.54, 1.807) is 12.1 Å². The average Bonchev–Trinajstić information content (AvgIpc) is 2.86. The fourth-order valence-corrected chi connectivity index (χ4v) is 2.58. The summed E-state index contributed by atoms with van der Waals surface area (Å²) in [5, 5.41) is 6.50. The number of rotatable bonds is 4. The number of nitrogens with one attached hydrogen (secondary N) is 2. The van der Waals surface area contributed by atoms with Gasteiger partial charge in [0.2, 0.25) is 5.91 Å². The van der Waals surface area contributed by atoms with Crippen molar-refractivity contribution < 1.29 is 14.3 Å². The molecule has 0 aromatic heterocycles. The van der Waals surface area contributed by atoms with E-state index >= 15 is 0 Å². The number of benzene rings is 1. The molecule has 6 heteroatoms.